The van der Waals surface area contributed by atoms with E-state index in [-0.39, 0.29) is 109 Å². The number of carbonyl (C=O) groups excluding carboxylic acids is 5. The molecule has 0 spiro atoms. The topological polar surface area (TPSA) is 173 Å². The predicted octanol–water partition coefficient (Wildman–Crippen LogP) is 15.6. The van der Waals surface area contributed by atoms with E-state index in [1.807, 2.05) is 0 Å². The van der Waals surface area contributed by atoms with Crippen LogP contribution in [0.5, 0.6) is 0 Å². The van der Waals surface area contributed by atoms with Gasteiger partial charge >= 0.3 is 30.7 Å². The van der Waals surface area contributed by atoms with Crippen molar-refractivity contribution in [1.82, 2.24) is 0 Å². The largest absolute Gasteiger partial charge is 0.481 e. The highest BCUT2D eigenvalue weighted by Gasteiger charge is 2.40. The quantitative estimate of drug-likeness (QED) is 0.0301. The van der Waals surface area contributed by atoms with Crippen LogP contribution in [0.2, 0.25) is 0 Å². The van der Waals surface area contributed by atoms with Crippen molar-refractivity contribution in [3.8, 4) is 0 Å². The van der Waals surface area contributed by atoms with Crippen LogP contribution in [0, 0.1) is 17.7 Å². The summed E-state index contributed by atoms with van der Waals surface area (Å²) in [5, 5.41) is 14.2. The van der Waals surface area contributed by atoms with Gasteiger partial charge in [0.05, 0.1) is 22.3 Å². The maximum atomic E-state index is 13.3. The number of aliphatic carboxylic acids is 1. The number of nitrogens with one attached hydrogen (secondary N) is 2. The molecule has 7 rings (SSSR count). The Hall–Kier alpha value is -7.59. The maximum Gasteiger partial charge on any atom is 0.416 e. The lowest BCUT2D eigenvalue weighted by molar-refractivity contribution is -0.144. The SMILES string of the molecule is Nc1cc(F)ccc1CC(=O)CCCCCCC(=O)Nc1ccc2c(c1)CCC(Cc1cc(C(F)(F)F)cc(C(F)(F)F)c1)C2=O.O=C(O)CCCCCCC(=O)Nc1ccc2c(c1)CCC(Cc1cc(C(F)(F)F)cc(C(F)(F)F)c1)C2=O. The number of fused-ring (bicyclic) bond motifs is 2. The van der Waals surface area contributed by atoms with Crippen LogP contribution in [0.1, 0.15) is 161 Å². The first-order valence-electron chi connectivity index (χ1n) is 27.1. The Morgan fingerprint density at radius 3 is 1.24 bits per heavy atom. The minimum absolute atomic E-state index is 0.000452. The van der Waals surface area contributed by atoms with E-state index in [2.05, 4.69) is 10.6 Å². The van der Waals surface area contributed by atoms with E-state index in [0.717, 1.165) is 19.3 Å². The van der Waals surface area contributed by atoms with Crippen molar-refractivity contribution in [1.29, 1.82) is 0 Å². The maximum absolute atomic E-state index is 13.3. The molecule has 452 valence electrons. The van der Waals surface area contributed by atoms with Crippen LogP contribution in [0.3, 0.4) is 0 Å². The Kier molecular flexibility index (Phi) is 22.1. The lowest BCUT2D eigenvalue weighted by atomic mass is 9.79. The molecular weight excluding hydrogens is 1130 g/mol. The Bertz CT molecular complexity index is 3140. The van der Waals surface area contributed by atoms with Gasteiger partial charge < -0.3 is 21.5 Å². The number of halogens is 13. The van der Waals surface area contributed by atoms with Crippen molar-refractivity contribution in [2.24, 2.45) is 11.8 Å². The van der Waals surface area contributed by atoms with Crippen molar-refractivity contribution >= 4 is 52.2 Å². The standard InChI is InChI=1S/C34H33F7N2O3.C27H27F6NO4/c35-26-10-9-22(30(42)19-26)17-28(44)5-3-1-2-4-6-31(45)43-27-11-12-29-21(16-27)7-8-23(32(29)46)13-20-14-24(33(36,37)38)18-25(15-20)34(39,40)41;28-26(29,30)19-12-16(13-20(15-19)27(31,32)33)11-18-8-7-17-14-21(9-10-22(17)25(18)38)34-23(35)5-3-1-2-4-6-24(36)37/h9-12,14-16,18-19,23H,1-8,13,17,42H2,(H,43,45);9-10,12-15,18H,1-8,11H2,(H,34,35)(H,36,37). The normalized spacial score (nSPS) is 15.3. The molecule has 0 saturated carbocycles. The summed E-state index contributed by atoms with van der Waals surface area (Å²) in [5.41, 5.74) is 3.43. The zero-order valence-corrected chi connectivity index (χ0v) is 45.1. The van der Waals surface area contributed by atoms with Gasteiger partial charge in [-0.25, -0.2) is 4.39 Å². The number of rotatable bonds is 22. The van der Waals surface area contributed by atoms with E-state index in [9.17, 15) is 85.8 Å². The van der Waals surface area contributed by atoms with Crippen molar-refractivity contribution in [3.05, 3.63) is 158 Å². The number of nitrogen functional groups attached to an aromatic ring is 1. The molecule has 0 aliphatic heterocycles. The lowest BCUT2D eigenvalue weighted by Crippen LogP contribution is -2.25. The molecule has 10 nitrogen and oxygen atoms in total. The fraction of sp³-hybridized carbons (Fsp3) is 0.410. The number of hydrogen-bond donors (Lipinski definition) is 4. The van der Waals surface area contributed by atoms with Crippen LogP contribution in [0.15, 0.2) is 91.0 Å². The lowest BCUT2D eigenvalue weighted by Gasteiger charge is -2.24. The summed E-state index contributed by atoms with van der Waals surface area (Å²) in [5.74, 6) is -4.06. The summed E-state index contributed by atoms with van der Waals surface area (Å²) >= 11 is 0. The van der Waals surface area contributed by atoms with E-state index in [1.165, 1.54) is 36.4 Å². The fourth-order valence-corrected chi connectivity index (χ4v) is 10.2. The summed E-state index contributed by atoms with van der Waals surface area (Å²) in [6.45, 7) is 0. The molecule has 2 aliphatic carbocycles. The number of carboxylic acids is 1. The summed E-state index contributed by atoms with van der Waals surface area (Å²) in [6, 6.07) is 16.1. The summed E-state index contributed by atoms with van der Waals surface area (Å²) in [7, 11) is 0. The summed E-state index contributed by atoms with van der Waals surface area (Å²) in [6.07, 6.45) is -12.8. The Labute approximate surface area is 474 Å². The Morgan fingerprint density at radius 2 is 0.869 bits per heavy atom. The highest BCUT2D eigenvalue weighted by Crippen LogP contribution is 2.40. The third kappa shape index (κ3) is 19.5. The number of carbonyl (C=O) groups is 6. The van der Waals surface area contributed by atoms with Gasteiger partial charge in [0.15, 0.2) is 11.6 Å². The second kappa shape index (κ2) is 28.3. The second-order valence-corrected chi connectivity index (χ2v) is 21.1. The monoisotopic (exact) mass is 1190 g/mol. The average Bonchev–Trinajstić information content (AvgIpc) is 2.44. The molecule has 0 radical (unpaired) electrons. The fourth-order valence-electron chi connectivity index (χ4n) is 10.2. The van der Waals surface area contributed by atoms with E-state index in [4.69, 9.17) is 10.8 Å². The van der Waals surface area contributed by atoms with Crippen LogP contribution in [-0.4, -0.2) is 40.2 Å². The molecule has 5 aromatic carbocycles. The van der Waals surface area contributed by atoms with Crippen molar-refractivity contribution in [3.63, 3.8) is 0 Å². The third-order valence-corrected chi connectivity index (χ3v) is 14.5. The highest BCUT2D eigenvalue weighted by atomic mass is 19.4. The smallest absolute Gasteiger partial charge is 0.416 e. The van der Waals surface area contributed by atoms with Crippen molar-refractivity contribution in [2.45, 2.75) is 147 Å². The average molecular weight is 1190 g/mol. The molecule has 0 saturated heterocycles. The minimum Gasteiger partial charge on any atom is -0.481 e. The van der Waals surface area contributed by atoms with Gasteiger partial charge in [-0.05, 0) is 177 Å². The van der Waals surface area contributed by atoms with Gasteiger partial charge in [-0.15, -0.1) is 0 Å². The molecule has 5 N–H and O–H groups in total. The van der Waals surface area contributed by atoms with Crippen LogP contribution >= 0.6 is 0 Å². The highest BCUT2D eigenvalue weighted by molar-refractivity contribution is 6.02. The van der Waals surface area contributed by atoms with Gasteiger partial charge in [0.2, 0.25) is 11.8 Å². The molecule has 0 fully saturated rings. The summed E-state index contributed by atoms with van der Waals surface area (Å²) in [4.78, 5) is 73.5. The Balaban J connectivity index is 0.000000275. The zero-order chi connectivity index (χ0) is 61.7. The number of unbranched alkanes of at least 4 members (excludes halogenated alkanes) is 6. The van der Waals surface area contributed by atoms with E-state index in [1.54, 1.807) is 18.2 Å². The van der Waals surface area contributed by atoms with Crippen LogP contribution in [-0.2, 0) is 76.0 Å². The molecule has 2 aliphatic rings. The number of amides is 2. The second-order valence-electron chi connectivity index (χ2n) is 21.1. The van der Waals surface area contributed by atoms with Gasteiger partial charge in [-0.2, -0.15) is 52.7 Å². The van der Waals surface area contributed by atoms with E-state index >= 15 is 0 Å². The van der Waals surface area contributed by atoms with Gasteiger partial charge in [0, 0.05) is 72.1 Å². The van der Waals surface area contributed by atoms with Crippen LogP contribution in [0.25, 0.3) is 0 Å². The molecule has 0 heterocycles. The van der Waals surface area contributed by atoms with Crippen molar-refractivity contribution < 1.29 is 90.9 Å². The first kappa shape index (κ1) is 65.6. The number of benzene rings is 5. The number of ketones is 3. The number of alkyl halides is 12. The molecule has 84 heavy (non-hydrogen) atoms. The van der Waals surface area contributed by atoms with Gasteiger partial charge in [0.1, 0.15) is 11.6 Å². The molecule has 0 bridgehead atoms. The molecular formula is C61H60F13N3O7. The first-order valence-corrected chi connectivity index (χ1v) is 27.1. The number of Topliss-reactive ketones (excluding diaryl/α,β-unsaturated/α-hetero) is 3. The Morgan fingerprint density at radius 1 is 0.488 bits per heavy atom. The van der Waals surface area contributed by atoms with Crippen LogP contribution < -0.4 is 16.4 Å². The molecule has 2 atom stereocenters. The number of nitrogens with two attached hydrogens (primary N) is 1. The molecule has 23 heteroatoms. The van der Waals surface area contributed by atoms with E-state index < -0.39 is 70.6 Å². The van der Waals surface area contributed by atoms with Gasteiger partial charge in [-0.3, -0.25) is 28.8 Å². The number of aryl methyl sites for hydroxylation is 2. The summed E-state index contributed by atoms with van der Waals surface area (Å²) < 4.78 is 172. The predicted molar refractivity (Wildman–Crippen MR) is 285 cm³/mol. The van der Waals surface area contributed by atoms with Gasteiger partial charge in [0.25, 0.3) is 0 Å². The van der Waals surface area contributed by atoms with Crippen molar-refractivity contribution in [2.75, 3.05) is 16.4 Å². The third-order valence-electron chi connectivity index (χ3n) is 14.5. The zero-order valence-electron chi connectivity index (χ0n) is 45.1. The van der Waals surface area contributed by atoms with Gasteiger partial charge in [-0.1, -0.05) is 31.7 Å². The molecule has 0 aromatic heterocycles. The molecule has 5 aromatic rings. The number of anilines is 3. The van der Waals surface area contributed by atoms with E-state index in [0.29, 0.717) is 115 Å². The molecule has 2 amide bonds. The molecule has 2 unspecified atom stereocenters. The first-order chi connectivity index (χ1) is 39.3. The van der Waals surface area contributed by atoms with Crippen LogP contribution in [0.4, 0.5) is 74.1 Å². The number of carboxylic acid groups (broad SMARTS) is 1. The number of hydrogen-bond acceptors (Lipinski definition) is 7. The minimum atomic E-state index is -4.97.